The number of hydrogen-bond donors (Lipinski definition) is 0. The van der Waals surface area contributed by atoms with Gasteiger partial charge in [-0.05, 0) is 57.9 Å². The molecule has 4 heteroatoms. The van der Waals surface area contributed by atoms with E-state index in [2.05, 4.69) is 33.0 Å². The van der Waals surface area contributed by atoms with Crippen molar-refractivity contribution in [2.75, 3.05) is 5.88 Å². The highest BCUT2D eigenvalue weighted by molar-refractivity contribution is 9.10. The Kier molecular flexibility index (Phi) is 5.68. The van der Waals surface area contributed by atoms with Crippen LogP contribution in [0.2, 0.25) is 5.02 Å². The second-order valence-corrected chi connectivity index (χ2v) is 6.16. The summed E-state index contributed by atoms with van der Waals surface area (Å²) in [5.41, 5.74) is 2.34. The minimum atomic E-state index is 0.359. The third-order valence-electron chi connectivity index (χ3n) is 2.97. The third kappa shape index (κ3) is 4.48. The molecule has 1 aromatic carbocycles. The molecule has 1 aromatic heterocycles. The van der Waals surface area contributed by atoms with Crippen molar-refractivity contribution < 1.29 is 0 Å². The van der Waals surface area contributed by atoms with E-state index in [9.17, 15) is 0 Å². The van der Waals surface area contributed by atoms with Crippen LogP contribution >= 0.6 is 39.1 Å². The first-order valence-electron chi connectivity index (χ1n) is 6.08. The maximum Gasteiger partial charge on any atom is 0.0438 e. The maximum atomic E-state index is 6.19. The highest BCUT2D eigenvalue weighted by atomic mass is 79.9. The van der Waals surface area contributed by atoms with Crippen LogP contribution in [0.1, 0.15) is 11.1 Å². The maximum absolute atomic E-state index is 6.19. The van der Waals surface area contributed by atoms with Gasteiger partial charge in [-0.15, -0.1) is 11.6 Å². The van der Waals surface area contributed by atoms with Crippen molar-refractivity contribution in [2.45, 2.75) is 12.8 Å². The summed E-state index contributed by atoms with van der Waals surface area (Å²) in [6, 6.07) is 10.0. The molecule has 2 rings (SSSR count). The van der Waals surface area contributed by atoms with Gasteiger partial charge in [-0.2, -0.15) is 0 Å². The Balaban J connectivity index is 2.07. The summed E-state index contributed by atoms with van der Waals surface area (Å²) < 4.78 is 0.996. The molecule has 0 N–H and O–H groups in total. The lowest BCUT2D eigenvalue weighted by Crippen LogP contribution is -2.10. The zero-order chi connectivity index (χ0) is 13.7. The summed E-state index contributed by atoms with van der Waals surface area (Å²) >= 11 is 15.7. The molecule has 1 unspecified atom stereocenters. The Bertz CT molecular complexity index is 545. The van der Waals surface area contributed by atoms with Gasteiger partial charge in [0, 0.05) is 27.8 Å². The molecule has 0 aliphatic heterocycles. The van der Waals surface area contributed by atoms with Crippen LogP contribution in [0.15, 0.2) is 47.2 Å². The zero-order valence-corrected chi connectivity index (χ0v) is 13.4. The fourth-order valence-corrected chi connectivity index (χ4v) is 2.90. The average molecular weight is 359 g/mol. The minimum absolute atomic E-state index is 0.359. The van der Waals surface area contributed by atoms with Crippen molar-refractivity contribution >= 4 is 39.1 Å². The van der Waals surface area contributed by atoms with Crippen molar-refractivity contribution in [1.82, 2.24) is 4.98 Å². The SMILES string of the molecule is ClCC(Cc1cncc(Br)c1)Cc1ccccc1Cl. The smallest absolute Gasteiger partial charge is 0.0438 e. The van der Waals surface area contributed by atoms with Gasteiger partial charge in [-0.25, -0.2) is 0 Å². The summed E-state index contributed by atoms with van der Waals surface area (Å²) in [5, 5.41) is 0.810. The highest BCUT2D eigenvalue weighted by Gasteiger charge is 2.12. The van der Waals surface area contributed by atoms with E-state index >= 15 is 0 Å². The van der Waals surface area contributed by atoms with Crippen LogP contribution in [0.5, 0.6) is 0 Å². The van der Waals surface area contributed by atoms with E-state index in [1.54, 1.807) is 6.20 Å². The Morgan fingerprint density at radius 1 is 1.16 bits per heavy atom. The van der Waals surface area contributed by atoms with E-state index in [0.717, 1.165) is 27.9 Å². The first-order valence-corrected chi connectivity index (χ1v) is 7.78. The molecule has 0 radical (unpaired) electrons. The van der Waals surface area contributed by atoms with Crippen molar-refractivity contribution in [1.29, 1.82) is 0 Å². The fraction of sp³-hybridized carbons (Fsp3) is 0.267. The molecule has 19 heavy (non-hydrogen) atoms. The normalized spacial score (nSPS) is 12.4. The summed E-state index contributed by atoms with van der Waals surface area (Å²) in [7, 11) is 0. The first-order chi connectivity index (χ1) is 9.19. The van der Waals surface area contributed by atoms with Crippen LogP contribution in [0.25, 0.3) is 0 Å². The molecule has 0 spiro atoms. The van der Waals surface area contributed by atoms with E-state index in [1.807, 2.05) is 24.4 Å². The predicted molar refractivity (Wildman–Crippen MR) is 85.0 cm³/mol. The van der Waals surface area contributed by atoms with E-state index in [4.69, 9.17) is 23.2 Å². The number of hydrogen-bond acceptors (Lipinski definition) is 1. The van der Waals surface area contributed by atoms with Gasteiger partial charge in [-0.3, -0.25) is 4.98 Å². The topological polar surface area (TPSA) is 12.9 Å². The molecular weight excluding hydrogens is 345 g/mol. The van der Waals surface area contributed by atoms with Gasteiger partial charge < -0.3 is 0 Å². The summed E-state index contributed by atoms with van der Waals surface area (Å²) in [6.45, 7) is 0. The molecule has 0 fully saturated rings. The van der Waals surface area contributed by atoms with E-state index < -0.39 is 0 Å². The van der Waals surface area contributed by atoms with Gasteiger partial charge in [0.2, 0.25) is 0 Å². The number of nitrogens with zero attached hydrogens (tertiary/aromatic N) is 1. The fourth-order valence-electron chi connectivity index (χ4n) is 2.06. The van der Waals surface area contributed by atoms with E-state index in [1.165, 1.54) is 5.56 Å². The molecule has 0 bridgehead atoms. The van der Waals surface area contributed by atoms with Gasteiger partial charge in [0.15, 0.2) is 0 Å². The molecule has 1 heterocycles. The Morgan fingerprint density at radius 3 is 2.63 bits per heavy atom. The highest BCUT2D eigenvalue weighted by Crippen LogP contribution is 2.22. The molecule has 100 valence electrons. The van der Waals surface area contributed by atoms with Crippen LogP contribution in [0, 0.1) is 5.92 Å². The Hall–Kier alpha value is -0.570. The molecule has 0 aliphatic rings. The lowest BCUT2D eigenvalue weighted by atomic mass is 9.95. The van der Waals surface area contributed by atoms with E-state index in [-0.39, 0.29) is 0 Å². The van der Waals surface area contributed by atoms with Crippen LogP contribution in [-0.2, 0) is 12.8 Å². The second kappa shape index (κ2) is 7.28. The van der Waals surface area contributed by atoms with Crippen LogP contribution in [0.3, 0.4) is 0 Å². The Morgan fingerprint density at radius 2 is 1.95 bits per heavy atom. The van der Waals surface area contributed by atoms with Crippen molar-refractivity contribution in [2.24, 2.45) is 5.92 Å². The van der Waals surface area contributed by atoms with Crippen molar-refractivity contribution in [3.8, 4) is 0 Å². The standard InChI is InChI=1S/C15H14BrCl2N/c16-14-7-12(9-19-10-14)5-11(8-17)6-13-3-1-2-4-15(13)18/h1-4,7,9-11H,5-6,8H2. The van der Waals surface area contributed by atoms with Gasteiger partial charge >= 0.3 is 0 Å². The predicted octanol–water partition coefficient (Wildman–Crippen LogP) is 5.14. The monoisotopic (exact) mass is 357 g/mol. The lowest BCUT2D eigenvalue weighted by Gasteiger charge is -2.15. The summed E-state index contributed by atoms with van der Waals surface area (Å²) in [6.07, 6.45) is 5.46. The molecule has 0 saturated carbocycles. The minimum Gasteiger partial charge on any atom is -0.263 e. The molecule has 0 saturated heterocycles. The molecule has 0 aliphatic carbocycles. The quantitative estimate of drug-likeness (QED) is 0.674. The Labute approximate surface area is 132 Å². The van der Waals surface area contributed by atoms with Crippen molar-refractivity contribution in [3.63, 3.8) is 0 Å². The van der Waals surface area contributed by atoms with Gasteiger partial charge in [0.1, 0.15) is 0 Å². The third-order valence-corrected chi connectivity index (χ3v) is 4.21. The van der Waals surface area contributed by atoms with Gasteiger partial charge in [-0.1, -0.05) is 29.8 Å². The van der Waals surface area contributed by atoms with Crippen LogP contribution < -0.4 is 0 Å². The first kappa shape index (κ1) is 14.8. The lowest BCUT2D eigenvalue weighted by molar-refractivity contribution is 0.583. The number of alkyl halides is 1. The second-order valence-electron chi connectivity index (χ2n) is 4.53. The zero-order valence-electron chi connectivity index (χ0n) is 10.3. The number of rotatable bonds is 5. The number of pyridine rings is 1. The number of benzene rings is 1. The van der Waals surface area contributed by atoms with Gasteiger partial charge in [0.05, 0.1) is 0 Å². The number of aromatic nitrogens is 1. The molecule has 2 aromatic rings. The largest absolute Gasteiger partial charge is 0.263 e. The average Bonchev–Trinajstić information content (AvgIpc) is 2.40. The van der Waals surface area contributed by atoms with E-state index in [0.29, 0.717) is 11.8 Å². The van der Waals surface area contributed by atoms with Crippen LogP contribution in [0.4, 0.5) is 0 Å². The van der Waals surface area contributed by atoms with Gasteiger partial charge in [0.25, 0.3) is 0 Å². The molecule has 0 amide bonds. The van der Waals surface area contributed by atoms with Crippen molar-refractivity contribution in [3.05, 3.63) is 63.3 Å². The molecule has 1 nitrogen and oxygen atoms in total. The summed E-state index contributed by atoms with van der Waals surface area (Å²) in [5.74, 6) is 0.968. The molecular formula is C15H14BrCl2N. The van der Waals surface area contributed by atoms with Crippen LogP contribution in [-0.4, -0.2) is 10.9 Å². The summed E-state index contributed by atoms with van der Waals surface area (Å²) in [4.78, 5) is 4.18. The molecule has 1 atom stereocenters. The number of halogens is 3.